The highest BCUT2D eigenvalue weighted by Gasteiger charge is 2.27. The molecule has 210 valence electrons. The first-order valence-corrected chi connectivity index (χ1v) is 14.9. The van der Waals surface area contributed by atoms with Crippen molar-refractivity contribution < 1.29 is 31.8 Å². The summed E-state index contributed by atoms with van der Waals surface area (Å²) in [6.07, 6.45) is 0.850. The summed E-state index contributed by atoms with van der Waals surface area (Å²) in [5, 5.41) is 1.83. The van der Waals surface area contributed by atoms with Crippen LogP contribution in [0.25, 0.3) is 21.7 Å². The Kier molecular flexibility index (Phi) is 7.36. The lowest BCUT2D eigenvalue weighted by Gasteiger charge is -2.24. The van der Waals surface area contributed by atoms with Gasteiger partial charge in [-0.05, 0) is 62.2 Å². The van der Waals surface area contributed by atoms with Gasteiger partial charge in [0, 0.05) is 24.2 Å². The van der Waals surface area contributed by atoms with E-state index in [0.717, 1.165) is 8.85 Å². The van der Waals surface area contributed by atoms with Gasteiger partial charge in [0.1, 0.15) is 24.6 Å². The summed E-state index contributed by atoms with van der Waals surface area (Å²) < 4.78 is 60.9. The summed E-state index contributed by atoms with van der Waals surface area (Å²) >= 11 is 1.40. The molecule has 0 aliphatic carbocycles. The van der Waals surface area contributed by atoms with Gasteiger partial charge < -0.3 is 19.1 Å². The third kappa shape index (κ3) is 5.57. The van der Waals surface area contributed by atoms with Crippen LogP contribution in [-0.2, 0) is 21.3 Å². The van der Waals surface area contributed by atoms with Crippen molar-refractivity contribution in [3.63, 3.8) is 0 Å². The highest BCUT2D eigenvalue weighted by atomic mass is 32.2. The van der Waals surface area contributed by atoms with Crippen LogP contribution in [0, 0.1) is 5.82 Å². The summed E-state index contributed by atoms with van der Waals surface area (Å²) in [5.41, 5.74) is 0.710. The minimum atomic E-state index is -4.19. The van der Waals surface area contributed by atoms with E-state index in [-0.39, 0.29) is 22.7 Å². The average molecular weight is 585 g/mol. The number of ether oxygens (including phenoxy) is 3. The van der Waals surface area contributed by atoms with Crippen molar-refractivity contribution in [2.24, 2.45) is 0 Å². The van der Waals surface area contributed by atoms with E-state index >= 15 is 0 Å². The predicted molar refractivity (Wildman–Crippen MR) is 151 cm³/mol. The molecule has 0 saturated heterocycles. The molecule has 0 saturated carbocycles. The van der Waals surface area contributed by atoms with E-state index < -0.39 is 27.5 Å². The van der Waals surface area contributed by atoms with Crippen molar-refractivity contribution in [3.05, 3.63) is 77.6 Å². The monoisotopic (exact) mass is 584 g/mol. The lowest BCUT2D eigenvalue weighted by Crippen LogP contribution is -2.33. The van der Waals surface area contributed by atoms with Crippen molar-refractivity contribution in [1.29, 1.82) is 0 Å². The molecule has 40 heavy (non-hydrogen) atoms. The van der Waals surface area contributed by atoms with Gasteiger partial charge in [-0.15, -0.1) is 11.3 Å². The van der Waals surface area contributed by atoms with Gasteiger partial charge in [-0.1, -0.05) is 24.3 Å². The molecule has 0 radical (unpaired) electrons. The number of rotatable bonds is 6. The molecule has 3 heterocycles. The average Bonchev–Trinajstić information content (AvgIpc) is 3.53. The third-order valence-electron chi connectivity index (χ3n) is 6.07. The number of benzene rings is 2. The van der Waals surface area contributed by atoms with Gasteiger partial charge in [-0.2, -0.15) is 0 Å². The fourth-order valence-corrected chi connectivity index (χ4v) is 6.67. The molecule has 0 N–H and O–H groups in total. The second kappa shape index (κ2) is 10.6. The van der Waals surface area contributed by atoms with Crippen molar-refractivity contribution in [1.82, 2.24) is 8.87 Å². The van der Waals surface area contributed by atoms with E-state index in [1.54, 1.807) is 58.2 Å². The van der Waals surface area contributed by atoms with Crippen LogP contribution in [0.2, 0.25) is 0 Å². The SMILES string of the molecule is CN(Cc1cc(-c2ccccc2F)n(S(=O)(=O)c2cccc(-c3scc4c3OCCO4)c2)c1)C(=O)OC(C)(C)C. The molecule has 1 aliphatic heterocycles. The summed E-state index contributed by atoms with van der Waals surface area (Å²) in [6.45, 7) is 6.20. The van der Waals surface area contributed by atoms with E-state index in [1.807, 2.05) is 5.38 Å². The van der Waals surface area contributed by atoms with Gasteiger partial charge in [0.05, 0.1) is 22.0 Å². The van der Waals surface area contributed by atoms with Crippen LogP contribution in [0.15, 0.2) is 71.1 Å². The minimum Gasteiger partial charge on any atom is -0.485 e. The Labute approximate surface area is 236 Å². The van der Waals surface area contributed by atoms with Gasteiger partial charge in [0.25, 0.3) is 10.0 Å². The number of hydrogen-bond donors (Lipinski definition) is 0. The Morgan fingerprint density at radius 2 is 1.85 bits per heavy atom. The Hall–Kier alpha value is -3.83. The van der Waals surface area contributed by atoms with Crippen molar-refractivity contribution in [2.75, 3.05) is 20.3 Å². The molecule has 0 fully saturated rings. The number of carbonyl (C=O) groups is 1. The first-order valence-electron chi connectivity index (χ1n) is 12.6. The zero-order valence-electron chi connectivity index (χ0n) is 22.5. The largest absolute Gasteiger partial charge is 0.485 e. The van der Waals surface area contributed by atoms with Crippen molar-refractivity contribution in [3.8, 4) is 33.2 Å². The molecule has 0 bridgehead atoms. The van der Waals surface area contributed by atoms with E-state index in [1.165, 1.54) is 46.7 Å². The van der Waals surface area contributed by atoms with Gasteiger partial charge in [-0.25, -0.2) is 21.6 Å². The smallest absolute Gasteiger partial charge is 0.410 e. The zero-order valence-corrected chi connectivity index (χ0v) is 24.1. The standard InChI is InChI=1S/C29H29FN2O6S2/c1-29(2,3)38-28(33)31(4)16-19-14-24(22-10-5-6-11-23(22)30)32(17-19)40(34,35)21-9-7-8-20(15-21)27-26-25(18-39-27)36-12-13-37-26/h5-11,14-15,17-18H,12-13,16H2,1-4H3. The van der Waals surface area contributed by atoms with Crippen molar-refractivity contribution in [2.45, 2.75) is 37.8 Å². The molecule has 5 rings (SSSR count). The summed E-state index contributed by atoms with van der Waals surface area (Å²) in [6, 6.07) is 14.1. The summed E-state index contributed by atoms with van der Waals surface area (Å²) in [7, 11) is -2.63. The number of amides is 1. The lowest BCUT2D eigenvalue weighted by molar-refractivity contribution is 0.0285. The van der Waals surface area contributed by atoms with Crippen LogP contribution in [-0.4, -0.2) is 49.2 Å². The Balaban J connectivity index is 1.55. The number of nitrogens with zero attached hydrogens (tertiary/aromatic N) is 2. The molecule has 0 atom stereocenters. The number of thiophene rings is 1. The molecule has 1 amide bonds. The number of carbonyl (C=O) groups excluding carboxylic acids is 1. The fraction of sp³-hybridized carbons (Fsp3) is 0.276. The Bertz CT molecular complexity index is 1670. The second-order valence-electron chi connectivity index (χ2n) is 10.3. The van der Waals surface area contributed by atoms with E-state index in [9.17, 15) is 17.6 Å². The second-order valence-corrected chi connectivity index (χ2v) is 13.0. The van der Waals surface area contributed by atoms with Gasteiger partial charge in [0.15, 0.2) is 11.5 Å². The van der Waals surface area contributed by atoms with E-state index in [2.05, 4.69) is 0 Å². The molecule has 1 aliphatic rings. The zero-order chi connectivity index (χ0) is 28.7. The maximum Gasteiger partial charge on any atom is 0.410 e. The van der Waals surface area contributed by atoms with Gasteiger partial charge >= 0.3 is 6.09 Å². The highest BCUT2D eigenvalue weighted by molar-refractivity contribution is 7.90. The predicted octanol–water partition coefficient (Wildman–Crippen LogP) is 6.40. The highest BCUT2D eigenvalue weighted by Crippen LogP contribution is 2.46. The molecular formula is C29H29FN2O6S2. The van der Waals surface area contributed by atoms with Crippen molar-refractivity contribution >= 4 is 27.5 Å². The molecule has 8 nitrogen and oxygen atoms in total. The number of aromatic nitrogens is 1. The normalized spacial score (nSPS) is 13.2. The Morgan fingerprint density at radius 1 is 1.10 bits per heavy atom. The quantitative estimate of drug-likeness (QED) is 0.261. The summed E-state index contributed by atoms with van der Waals surface area (Å²) in [5.74, 6) is 0.650. The molecule has 2 aromatic heterocycles. The van der Waals surface area contributed by atoms with Gasteiger partial charge in [0.2, 0.25) is 0 Å². The maximum atomic E-state index is 14.9. The number of fused-ring (bicyclic) bond motifs is 1. The molecular weight excluding hydrogens is 555 g/mol. The first kappa shape index (κ1) is 27.7. The topological polar surface area (TPSA) is 87.1 Å². The van der Waals surface area contributed by atoms with E-state index in [0.29, 0.717) is 35.8 Å². The fourth-order valence-electron chi connectivity index (χ4n) is 4.30. The van der Waals surface area contributed by atoms with Crippen LogP contribution in [0.3, 0.4) is 0 Å². The van der Waals surface area contributed by atoms with Crippen LogP contribution in [0.4, 0.5) is 9.18 Å². The van der Waals surface area contributed by atoms with Crippen LogP contribution in [0.5, 0.6) is 11.5 Å². The number of halogens is 1. The molecule has 4 aromatic rings. The van der Waals surface area contributed by atoms with Crippen LogP contribution < -0.4 is 9.47 Å². The molecule has 0 unspecified atom stereocenters. The lowest BCUT2D eigenvalue weighted by atomic mass is 10.1. The molecule has 0 spiro atoms. The van der Waals surface area contributed by atoms with Gasteiger partial charge in [-0.3, -0.25) is 0 Å². The number of hydrogen-bond acceptors (Lipinski definition) is 7. The molecule has 2 aromatic carbocycles. The third-order valence-corrected chi connectivity index (χ3v) is 8.73. The maximum absolute atomic E-state index is 14.9. The first-order chi connectivity index (χ1) is 18.9. The molecule has 11 heteroatoms. The summed E-state index contributed by atoms with van der Waals surface area (Å²) in [4.78, 5) is 14.7. The Morgan fingerprint density at radius 3 is 2.60 bits per heavy atom. The van der Waals surface area contributed by atoms with Crippen LogP contribution in [0.1, 0.15) is 26.3 Å². The van der Waals surface area contributed by atoms with E-state index in [4.69, 9.17) is 14.2 Å². The van der Waals surface area contributed by atoms with Crippen LogP contribution >= 0.6 is 11.3 Å². The minimum absolute atomic E-state index is 0.0177.